The van der Waals surface area contributed by atoms with E-state index in [0.29, 0.717) is 29.9 Å². The zero-order chi connectivity index (χ0) is 21.2. The molecular formula is C20H21F3N2O3S. The molecule has 0 fully saturated rings. The average molecular weight is 426 g/mol. The third-order valence-electron chi connectivity index (χ3n) is 4.78. The molecule has 1 aromatic heterocycles. The maximum Gasteiger partial charge on any atom is 0.411 e. The number of anilines is 1. The quantitative estimate of drug-likeness (QED) is 0.781. The van der Waals surface area contributed by atoms with Crippen LogP contribution in [0.4, 0.5) is 18.9 Å². The molecule has 156 valence electrons. The van der Waals surface area contributed by atoms with Crippen molar-refractivity contribution < 1.29 is 27.5 Å². The van der Waals surface area contributed by atoms with Crippen molar-refractivity contribution in [2.75, 3.05) is 18.5 Å². The summed E-state index contributed by atoms with van der Waals surface area (Å²) in [4.78, 5) is 28.2. The van der Waals surface area contributed by atoms with Crippen LogP contribution in [0.3, 0.4) is 0 Å². The van der Waals surface area contributed by atoms with Crippen LogP contribution in [0.25, 0.3) is 0 Å². The van der Waals surface area contributed by atoms with Crippen LogP contribution < -0.4 is 5.32 Å². The lowest BCUT2D eigenvalue weighted by molar-refractivity contribution is -0.184. The highest BCUT2D eigenvalue weighted by Gasteiger charge is 2.30. The van der Waals surface area contributed by atoms with Crippen LogP contribution in [0, 0.1) is 6.92 Å². The number of halogens is 3. The van der Waals surface area contributed by atoms with Crippen LogP contribution >= 0.6 is 11.3 Å². The summed E-state index contributed by atoms with van der Waals surface area (Å²) in [6.07, 6.45) is -4.98. The van der Waals surface area contributed by atoms with Crippen molar-refractivity contribution in [3.63, 3.8) is 0 Å². The molecule has 2 amide bonds. The molecule has 1 unspecified atom stereocenters. The zero-order valence-electron chi connectivity index (χ0n) is 16.0. The smallest absolute Gasteiger partial charge is 0.359 e. The van der Waals surface area contributed by atoms with Gasteiger partial charge in [0.2, 0.25) is 0 Å². The number of nitrogens with zero attached hydrogens (tertiary/aromatic N) is 1. The Morgan fingerprint density at radius 3 is 2.79 bits per heavy atom. The molecule has 29 heavy (non-hydrogen) atoms. The van der Waals surface area contributed by atoms with Crippen molar-refractivity contribution in [3.8, 4) is 0 Å². The summed E-state index contributed by atoms with van der Waals surface area (Å²) in [7, 11) is 0. The Bertz CT molecular complexity index is 911. The van der Waals surface area contributed by atoms with Crippen LogP contribution in [0.1, 0.15) is 33.3 Å². The van der Waals surface area contributed by atoms with Crippen LogP contribution in [0.15, 0.2) is 29.6 Å². The van der Waals surface area contributed by atoms with E-state index >= 15 is 0 Å². The predicted octanol–water partition coefficient (Wildman–Crippen LogP) is 4.16. The summed E-state index contributed by atoms with van der Waals surface area (Å²) in [6.45, 7) is 2.60. The second kappa shape index (κ2) is 8.54. The molecule has 1 N–H and O–H groups in total. The van der Waals surface area contributed by atoms with Crippen molar-refractivity contribution in [1.82, 2.24) is 4.90 Å². The molecule has 1 aliphatic rings. The molecule has 3 rings (SSSR count). The highest BCUT2D eigenvalue weighted by atomic mass is 32.1. The molecule has 0 saturated carbocycles. The lowest BCUT2D eigenvalue weighted by Gasteiger charge is -2.28. The number of amides is 2. The first-order chi connectivity index (χ1) is 13.7. The van der Waals surface area contributed by atoms with Gasteiger partial charge in [-0.2, -0.15) is 13.2 Å². The summed E-state index contributed by atoms with van der Waals surface area (Å²) >= 11 is 1.69. The summed E-state index contributed by atoms with van der Waals surface area (Å²) in [5.74, 6) is -0.848. The summed E-state index contributed by atoms with van der Waals surface area (Å²) in [5.41, 5.74) is 2.53. The molecule has 0 saturated heterocycles. The number of carbonyl (C=O) groups excluding carboxylic acids is 2. The molecular weight excluding hydrogens is 405 g/mol. The topological polar surface area (TPSA) is 58.6 Å². The minimum atomic E-state index is -4.51. The number of thiophene rings is 1. The largest absolute Gasteiger partial charge is 0.411 e. The fourth-order valence-electron chi connectivity index (χ4n) is 3.12. The van der Waals surface area contributed by atoms with Gasteiger partial charge >= 0.3 is 6.18 Å². The van der Waals surface area contributed by atoms with Crippen molar-refractivity contribution in [2.24, 2.45) is 0 Å². The number of benzene rings is 1. The monoisotopic (exact) mass is 426 g/mol. The number of fused-ring (bicyclic) bond motifs is 1. The Labute approximate surface area is 170 Å². The first-order valence-corrected chi connectivity index (χ1v) is 9.97. The molecule has 0 radical (unpaired) electrons. The standard InChI is InChI=1S/C20H21F3N2O3S/c1-12-15(19(27)25-8-6-17-14(10-25)7-9-29-17)4-3-5-16(12)24-18(26)13(2)28-11-20(21,22)23/h3-5,7,9,13H,6,8,10-11H2,1-2H3,(H,24,26). The van der Waals surface area contributed by atoms with Crippen molar-refractivity contribution in [1.29, 1.82) is 0 Å². The minimum absolute atomic E-state index is 0.142. The molecule has 0 spiro atoms. The first-order valence-electron chi connectivity index (χ1n) is 9.09. The Kier molecular flexibility index (Phi) is 6.28. The third kappa shape index (κ3) is 5.16. The third-order valence-corrected chi connectivity index (χ3v) is 5.81. The van der Waals surface area contributed by atoms with Gasteiger partial charge in [0.15, 0.2) is 0 Å². The van der Waals surface area contributed by atoms with Crippen molar-refractivity contribution >= 4 is 28.8 Å². The Hall–Kier alpha value is -2.39. The van der Waals surface area contributed by atoms with Gasteiger partial charge < -0.3 is 15.0 Å². The highest BCUT2D eigenvalue weighted by molar-refractivity contribution is 7.10. The predicted molar refractivity (Wildman–Crippen MR) is 104 cm³/mol. The van der Waals surface area contributed by atoms with Gasteiger partial charge in [-0.25, -0.2) is 0 Å². The molecule has 9 heteroatoms. The van der Waals surface area contributed by atoms with Gasteiger partial charge in [-0.3, -0.25) is 9.59 Å². The maximum absolute atomic E-state index is 13.0. The number of ether oxygens (including phenoxy) is 1. The molecule has 0 aliphatic carbocycles. The van der Waals surface area contributed by atoms with Crippen molar-refractivity contribution in [2.45, 2.75) is 39.1 Å². The number of carbonyl (C=O) groups is 2. The molecule has 2 aromatic rings. The fraction of sp³-hybridized carbons (Fsp3) is 0.400. The second-order valence-corrected chi connectivity index (χ2v) is 7.88. The summed E-state index contributed by atoms with van der Waals surface area (Å²) in [5, 5.41) is 4.57. The van der Waals surface area contributed by atoms with E-state index in [1.165, 1.54) is 11.8 Å². The van der Waals surface area contributed by atoms with Gasteiger partial charge in [-0.05, 0) is 55.0 Å². The SMILES string of the molecule is Cc1c(NC(=O)C(C)OCC(F)(F)F)cccc1C(=O)N1CCc2sccc2C1. The van der Waals surface area contributed by atoms with E-state index in [0.717, 1.165) is 12.0 Å². The van der Waals surface area contributed by atoms with E-state index < -0.39 is 24.8 Å². The van der Waals surface area contributed by atoms with Gasteiger partial charge in [0.1, 0.15) is 12.7 Å². The summed E-state index contributed by atoms with van der Waals surface area (Å²) in [6, 6.07) is 6.94. The van der Waals surface area contributed by atoms with E-state index in [1.54, 1.807) is 41.4 Å². The zero-order valence-corrected chi connectivity index (χ0v) is 16.8. The van der Waals surface area contributed by atoms with E-state index in [9.17, 15) is 22.8 Å². The Morgan fingerprint density at radius 2 is 2.07 bits per heavy atom. The van der Waals surface area contributed by atoms with E-state index in [2.05, 4.69) is 10.1 Å². The molecule has 1 aromatic carbocycles. The Balaban J connectivity index is 1.69. The minimum Gasteiger partial charge on any atom is -0.359 e. The maximum atomic E-state index is 13.0. The van der Waals surface area contributed by atoms with E-state index in [4.69, 9.17) is 0 Å². The molecule has 1 aliphatic heterocycles. The number of alkyl halides is 3. The van der Waals surface area contributed by atoms with Crippen molar-refractivity contribution in [3.05, 3.63) is 51.2 Å². The molecule has 1 atom stereocenters. The van der Waals surface area contributed by atoms with Gasteiger partial charge in [0.25, 0.3) is 11.8 Å². The van der Waals surface area contributed by atoms with Crippen LogP contribution in [-0.2, 0) is 22.5 Å². The van der Waals surface area contributed by atoms with Crippen LogP contribution in [0.5, 0.6) is 0 Å². The molecule has 0 bridgehead atoms. The van der Waals surface area contributed by atoms with E-state index in [1.807, 2.05) is 11.4 Å². The number of hydrogen-bond acceptors (Lipinski definition) is 4. The lowest BCUT2D eigenvalue weighted by Crippen LogP contribution is -2.36. The number of rotatable bonds is 5. The lowest BCUT2D eigenvalue weighted by atomic mass is 10.0. The number of hydrogen-bond donors (Lipinski definition) is 1. The average Bonchev–Trinajstić information content (AvgIpc) is 3.14. The van der Waals surface area contributed by atoms with Crippen LogP contribution in [-0.4, -0.2) is 42.1 Å². The van der Waals surface area contributed by atoms with Gasteiger partial charge in [-0.15, -0.1) is 11.3 Å². The second-order valence-electron chi connectivity index (χ2n) is 6.88. The first kappa shape index (κ1) is 21.3. The van der Waals surface area contributed by atoms with Gasteiger partial charge in [0, 0.05) is 29.2 Å². The fourth-order valence-corrected chi connectivity index (χ4v) is 4.01. The van der Waals surface area contributed by atoms with Gasteiger partial charge in [-0.1, -0.05) is 6.07 Å². The van der Waals surface area contributed by atoms with Gasteiger partial charge in [0.05, 0.1) is 0 Å². The van der Waals surface area contributed by atoms with E-state index in [-0.39, 0.29) is 5.91 Å². The Morgan fingerprint density at radius 1 is 1.31 bits per heavy atom. The normalized spacial score (nSPS) is 15.0. The highest BCUT2D eigenvalue weighted by Crippen LogP contribution is 2.27. The number of nitrogens with one attached hydrogen (secondary N) is 1. The molecule has 2 heterocycles. The molecule has 5 nitrogen and oxygen atoms in total. The summed E-state index contributed by atoms with van der Waals surface area (Å²) < 4.78 is 41.4. The van der Waals surface area contributed by atoms with Crippen LogP contribution in [0.2, 0.25) is 0 Å².